The van der Waals surface area contributed by atoms with Gasteiger partial charge in [-0.1, -0.05) is 11.3 Å². The standard InChI is InChI=1S/C14H16N4O2S/c19-18(20)14-7-11(10-21-14)9-17-6-5-16-8-13(17)12-1-3-15-4-2-12/h1-4,7,10,13,16H,5-6,8-9H2. The lowest BCUT2D eigenvalue weighted by molar-refractivity contribution is -0.380. The Bertz CT molecular complexity index is 616. The van der Waals surface area contributed by atoms with Crippen molar-refractivity contribution in [2.75, 3.05) is 19.6 Å². The molecular formula is C14H16N4O2S. The maximum atomic E-state index is 10.8. The number of nitro groups is 1. The largest absolute Gasteiger partial charge is 0.324 e. The summed E-state index contributed by atoms with van der Waals surface area (Å²) in [5.74, 6) is 0. The molecule has 1 N–H and O–H groups in total. The number of rotatable bonds is 4. The van der Waals surface area contributed by atoms with Gasteiger partial charge in [0, 0.05) is 56.1 Å². The summed E-state index contributed by atoms with van der Waals surface area (Å²) in [5, 5.41) is 16.3. The molecule has 0 aromatic carbocycles. The molecule has 1 aliphatic heterocycles. The molecule has 0 spiro atoms. The number of aromatic nitrogens is 1. The average molecular weight is 304 g/mol. The quantitative estimate of drug-likeness (QED) is 0.692. The SMILES string of the molecule is O=[N+]([O-])c1cc(CN2CCNCC2c2ccncc2)cs1. The molecule has 110 valence electrons. The van der Waals surface area contributed by atoms with E-state index >= 15 is 0 Å². The zero-order chi connectivity index (χ0) is 14.7. The monoisotopic (exact) mass is 304 g/mol. The Balaban J connectivity index is 1.76. The van der Waals surface area contributed by atoms with E-state index in [9.17, 15) is 10.1 Å². The third-order valence-corrected chi connectivity index (χ3v) is 4.58. The average Bonchev–Trinajstić information content (AvgIpc) is 2.98. The van der Waals surface area contributed by atoms with Crippen LogP contribution >= 0.6 is 11.3 Å². The Hall–Kier alpha value is -1.83. The van der Waals surface area contributed by atoms with Crippen LogP contribution in [0, 0.1) is 10.1 Å². The summed E-state index contributed by atoms with van der Waals surface area (Å²) in [4.78, 5) is 16.9. The molecular weight excluding hydrogens is 288 g/mol. The van der Waals surface area contributed by atoms with E-state index in [-0.39, 0.29) is 16.0 Å². The summed E-state index contributed by atoms with van der Waals surface area (Å²) in [6, 6.07) is 6.01. The molecule has 1 aliphatic rings. The van der Waals surface area contributed by atoms with Crippen molar-refractivity contribution in [1.29, 1.82) is 0 Å². The van der Waals surface area contributed by atoms with E-state index in [2.05, 4.69) is 15.2 Å². The van der Waals surface area contributed by atoms with Gasteiger partial charge in [0.15, 0.2) is 0 Å². The number of nitrogens with one attached hydrogen (secondary N) is 1. The summed E-state index contributed by atoms with van der Waals surface area (Å²) in [6.07, 6.45) is 3.61. The van der Waals surface area contributed by atoms with Gasteiger partial charge in [0.2, 0.25) is 0 Å². The molecule has 7 heteroatoms. The van der Waals surface area contributed by atoms with E-state index < -0.39 is 0 Å². The smallest absolute Gasteiger partial charge is 0.314 e. The van der Waals surface area contributed by atoms with Crippen LogP contribution in [0.15, 0.2) is 36.0 Å². The van der Waals surface area contributed by atoms with E-state index in [0.717, 1.165) is 31.7 Å². The molecule has 1 saturated heterocycles. The topological polar surface area (TPSA) is 71.3 Å². The minimum Gasteiger partial charge on any atom is -0.314 e. The van der Waals surface area contributed by atoms with Crippen molar-refractivity contribution in [3.05, 3.63) is 57.2 Å². The number of nitrogens with zero attached hydrogens (tertiary/aromatic N) is 3. The molecule has 1 unspecified atom stereocenters. The first kappa shape index (κ1) is 14.1. The predicted molar refractivity (Wildman–Crippen MR) is 81.2 cm³/mol. The molecule has 0 aliphatic carbocycles. The molecule has 6 nitrogen and oxygen atoms in total. The second-order valence-corrected chi connectivity index (χ2v) is 5.91. The van der Waals surface area contributed by atoms with Gasteiger partial charge < -0.3 is 5.32 Å². The fraction of sp³-hybridized carbons (Fsp3) is 0.357. The molecule has 21 heavy (non-hydrogen) atoms. The van der Waals surface area contributed by atoms with Crippen molar-refractivity contribution >= 4 is 16.3 Å². The highest BCUT2D eigenvalue weighted by Crippen LogP contribution is 2.27. The van der Waals surface area contributed by atoms with Gasteiger partial charge in [-0.25, -0.2) is 0 Å². The van der Waals surface area contributed by atoms with E-state index in [4.69, 9.17) is 0 Å². The Morgan fingerprint density at radius 3 is 3.00 bits per heavy atom. The predicted octanol–water partition coefficient (Wildman–Crippen LogP) is 2.20. The van der Waals surface area contributed by atoms with Crippen LogP contribution in [-0.4, -0.2) is 34.4 Å². The van der Waals surface area contributed by atoms with Gasteiger partial charge in [-0.3, -0.25) is 20.0 Å². The van der Waals surface area contributed by atoms with E-state index in [0.29, 0.717) is 0 Å². The van der Waals surface area contributed by atoms with Crippen molar-refractivity contribution in [3.8, 4) is 0 Å². The molecule has 1 fully saturated rings. The highest BCUT2D eigenvalue weighted by atomic mass is 32.1. The number of pyridine rings is 1. The van der Waals surface area contributed by atoms with Crippen LogP contribution < -0.4 is 5.32 Å². The third kappa shape index (κ3) is 3.26. The molecule has 2 aromatic heterocycles. The van der Waals surface area contributed by atoms with Gasteiger partial charge in [-0.15, -0.1) is 0 Å². The summed E-state index contributed by atoms with van der Waals surface area (Å²) < 4.78 is 0. The van der Waals surface area contributed by atoms with Gasteiger partial charge in [-0.05, 0) is 23.3 Å². The highest BCUT2D eigenvalue weighted by molar-refractivity contribution is 7.13. The lowest BCUT2D eigenvalue weighted by Crippen LogP contribution is -2.45. The lowest BCUT2D eigenvalue weighted by atomic mass is 10.0. The molecule has 0 bridgehead atoms. The summed E-state index contributed by atoms with van der Waals surface area (Å²) >= 11 is 1.19. The van der Waals surface area contributed by atoms with Crippen molar-refractivity contribution in [2.45, 2.75) is 12.6 Å². The minimum atomic E-state index is -0.327. The first-order chi connectivity index (χ1) is 10.2. The van der Waals surface area contributed by atoms with Crippen molar-refractivity contribution < 1.29 is 4.92 Å². The Kier molecular flexibility index (Phi) is 4.23. The second-order valence-electron chi connectivity index (χ2n) is 5.02. The highest BCUT2D eigenvalue weighted by Gasteiger charge is 2.24. The third-order valence-electron chi connectivity index (χ3n) is 3.65. The normalized spacial score (nSPS) is 19.5. The van der Waals surface area contributed by atoms with Crippen LogP contribution in [-0.2, 0) is 6.54 Å². The van der Waals surface area contributed by atoms with Crippen LogP contribution in [0.25, 0.3) is 0 Å². The Morgan fingerprint density at radius 2 is 2.29 bits per heavy atom. The molecule has 3 heterocycles. The first-order valence-corrected chi connectivity index (χ1v) is 7.68. The Morgan fingerprint density at radius 1 is 1.48 bits per heavy atom. The van der Waals surface area contributed by atoms with Crippen LogP contribution in [0.1, 0.15) is 17.2 Å². The van der Waals surface area contributed by atoms with Gasteiger partial charge in [0.25, 0.3) is 0 Å². The van der Waals surface area contributed by atoms with E-state index in [1.54, 1.807) is 18.5 Å². The molecule has 0 radical (unpaired) electrons. The fourth-order valence-electron chi connectivity index (χ4n) is 2.63. The maximum Gasteiger partial charge on any atom is 0.324 e. The Labute approximate surface area is 126 Å². The minimum absolute atomic E-state index is 0.209. The van der Waals surface area contributed by atoms with Crippen LogP contribution in [0.4, 0.5) is 5.00 Å². The lowest BCUT2D eigenvalue weighted by Gasteiger charge is -2.36. The van der Waals surface area contributed by atoms with Gasteiger partial charge in [0.1, 0.15) is 0 Å². The van der Waals surface area contributed by atoms with E-state index in [1.165, 1.54) is 16.9 Å². The number of hydrogen-bond acceptors (Lipinski definition) is 6. The zero-order valence-electron chi connectivity index (χ0n) is 11.4. The van der Waals surface area contributed by atoms with Crippen LogP contribution in [0.3, 0.4) is 0 Å². The van der Waals surface area contributed by atoms with Gasteiger partial charge in [0.05, 0.1) is 4.92 Å². The number of piperazine rings is 1. The summed E-state index contributed by atoms with van der Waals surface area (Å²) in [6.45, 7) is 3.49. The van der Waals surface area contributed by atoms with Crippen molar-refractivity contribution in [1.82, 2.24) is 15.2 Å². The van der Waals surface area contributed by atoms with Crippen molar-refractivity contribution in [2.24, 2.45) is 0 Å². The number of thiophene rings is 1. The molecule has 1 atom stereocenters. The maximum absolute atomic E-state index is 10.8. The van der Waals surface area contributed by atoms with Crippen LogP contribution in [0.5, 0.6) is 0 Å². The second kappa shape index (κ2) is 6.30. The number of hydrogen-bond donors (Lipinski definition) is 1. The first-order valence-electron chi connectivity index (χ1n) is 6.80. The molecule has 3 rings (SSSR count). The van der Waals surface area contributed by atoms with Gasteiger partial charge in [-0.2, -0.15) is 0 Å². The molecule has 2 aromatic rings. The summed E-state index contributed by atoms with van der Waals surface area (Å²) in [7, 11) is 0. The zero-order valence-corrected chi connectivity index (χ0v) is 12.3. The fourth-order valence-corrected chi connectivity index (χ4v) is 3.35. The molecule has 0 saturated carbocycles. The van der Waals surface area contributed by atoms with E-state index in [1.807, 2.05) is 17.5 Å². The summed E-state index contributed by atoms with van der Waals surface area (Å²) in [5.41, 5.74) is 2.23. The van der Waals surface area contributed by atoms with Gasteiger partial charge >= 0.3 is 5.00 Å². The van der Waals surface area contributed by atoms with Crippen molar-refractivity contribution in [3.63, 3.8) is 0 Å². The molecule has 0 amide bonds. The van der Waals surface area contributed by atoms with Crippen LogP contribution in [0.2, 0.25) is 0 Å².